The molecule has 154 valence electrons. The summed E-state index contributed by atoms with van der Waals surface area (Å²) in [5.74, 6) is -0.129. The minimum Gasteiger partial charge on any atom is -0.308 e. The average molecular weight is 413 g/mol. The Morgan fingerprint density at radius 3 is 2.41 bits per heavy atom. The summed E-state index contributed by atoms with van der Waals surface area (Å²) in [6, 6.07) is 11.2. The van der Waals surface area contributed by atoms with E-state index >= 15 is 0 Å². The molecule has 4 rings (SSSR count). The van der Waals surface area contributed by atoms with Crippen molar-refractivity contribution in [2.45, 2.75) is 50.8 Å². The highest BCUT2D eigenvalue weighted by molar-refractivity contribution is 7.89. The van der Waals surface area contributed by atoms with Crippen LogP contribution in [0.2, 0.25) is 0 Å². The quantitative estimate of drug-likeness (QED) is 0.764. The van der Waals surface area contributed by atoms with Crippen molar-refractivity contribution in [3.63, 3.8) is 0 Å². The van der Waals surface area contributed by atoms with Gasteiger partial charge in [0, 0.05) is 25.2 Å². The average Bonchev–Trinajstić information content (AvgIpc) is 2.74. The van der Waals surface area contributed by atoms with E-state index in [2.05, 4.69) is 6.07 Å². The van der Waals surface area contributed by atoms with Gasteiger partial charge in [0.15, 0.2) is 0 Å². The number of piperidine rings is 1. The van der Waals surface area contributed by atoms with Gasteiger partial charge in [0.05, 0.1) is 10.6 Å². The van der Waals surface area contributed by atoms with Crippen molar-refractivity contribution >= 4 is 21.6 Å². The molecule has 6 heteroatoms. The fourth-order valence-electron chi connectivity index (χ4n) is 4.46. The Hall–Kier alpha value is -2.18. The van der Waals surface area contributed by atoms with Crippen LogP contribution in [0, 0.1) is 13.8 Å². The molecule has 29 heavy (non-hydrogen) atoms. The first-order valence-electron chi connectivity index (χ1n) is 10.4. The third-order valence-corrected chi connectivity index (χ3v) is 8.07. The van der Waals surface area contributed by atoms with Crippen LogP contribution in [0.1, 0.15) is 52.7 Å². The van der Waals surface area contributed by atoms with Crippen molar-refractivity contribution in [2.75, 3.05) is 24.5 Å². The summed E-state index contributed by atoms with van der Waals surface area (Å²) in [4.78, 5) is 15.5. The second-order valence-corrected chi connectivity index (χ2v) is 9.99. The van der Waals surface area contributed by atoms with Crippen LogP contribution in [0.5, 0.6) is 0 Å². The fraction of sp³-hybridized carbons (Fsp3) is 0.435. The Labute approximate surface area is 173 Å². The Morgan fingerprint density at radius 2 is 1.66 bits per heavy atom. The molecule has 2 aliphatic heterocycles. The van der Waals surface area contributed by atoms with E-state index in [1.54, 1.807) is 29.4 Å². The Bertz CT molecular complexity index is 1040. The largest absolute Gasteiger partial charge is 0.308 e. The number of carbonyl (C=O) groups is 1. The van der Waals surface area contributed by atoms with Crippen LogP contribution in [-0.4, -0.2) is 38.3 Å². The highest BCUT2D eigenvalue weighted by Crippen LogP contribution is 2.32. The van der Waals surface area contributed by atoms with E-state index in [0.29, 0.717) is 30.8 Å². The number of fused-ring (bicyclic) bond motifs is 1. The maximum absolute atomic E-state index is 13.4. The topological polar surface area (TPSA) is 57.7 Å². The van der Waals surface area contributed by atoms with Gasteiger partial charge in [0.25, 0.3) is 5.91 Å². The molecule has 2 heterocycles. The Morgan fingerprint density at radius 1 is 0.897 bits per heavy atom. The SMILES string of the molecule is Cc1ccc(C(=O)N2CCCc3cccc(C)c32)cc1S(=O)(=O)N1CCCCC1. The molecule has 0 bridgehead atoms. The van der Waals surface area contributed by atoms with Gasteiger partial charge in [-0.2, -0.15) is 4.31 Å². The number of hydrogen-bond acceptors (Lipinski definition) is 3. The normalized spacial score (nSPS) is 17.8. The Kier molecular flexibility index (Phi) is 5.49. The van der Waals surface area contributed by atoms with Crippen molar-refractivity contribution in [1.82, 2.24) is 4.31 Å². The van der Waals surface area contributed by atoms with E-state index in [-0.39, 0.29) is 10.8 Å². The Balaban J connectivity index is 1.71. The van der Waals surface area contributed by atoms with Crippen LogP contribution in [0.15, 0.2) is 41.3 Å². The predicted octanol–water partition coefficient (Wildman–Crippen LogP) is 4.07. The summed E-state index contributed by atoms with van der Waals surface area (Å²) in [7, 11) is -3.59. The third-order valence-electron chi connectivity index (χ3n) is 6.03. The number of anilines is 1. The van der Waals surface area contributed by atoms with E-state index in [9.17, 15) is 13.2 Å². The van der Waals surface area contributed by atoms with Crippen LogP contribution in [0.25, 0.3) is 0 Å². The molecule has 0 aliphatic carbocycles. The minimum absolute atomic E-state index is 0.129. The summed E-state index contributed by atoms with van der Waals surface area (Å²) in [6.07, 6.45) is 4.72. The number of para-hydroxylation sites is 1. The van der Waals surface area contributed by atoms with Gasteiger partial charge in [-0.3, -0.25) is 4.79 Å². The van der Waals surface area contributed by atoms with Gasteiger partial charge in [0.1, 0.15) is 0 Å². The van der Waals surface area contributed by atoms with Gasteiger partial charge >= 0.3 is 0 Å². The summed E-state index contributed by atoms with van der Waals surface area (Å²) in [5, 5.41) is 0. The van der Waals surface area contributed by atoms with Crippen LogP contribution in [0.4, 0.5) is 5.69 Å². The molecule has 2 aliphatic rings. The monoisotopic (exact) mass is 412 g/mol. The van der Waals surface area contributed by atoms with Crippen molar-refractivity contribution in [1.29, 1.82) is 0 Å². The maximum atomic E-state index is 13.4. The van der Waals surface area contributed by atoms with Crippen molar-refractivity contribution in [2.24, 2.45) is 0 Å². The second kappa shape index (κ2) is 7.92. The van der Waals surface area contributed by atoms with Gasteiger partial charge in [-0.15, -0.1) is 0 Å². The molecular weight excluding hydrogens is 384 g/mol. The predicted molar refractivity (Wildman–Crippen MR) is 115 cm³/mol. The number of benzene rings is 2. The van der Waals surface area contributed by atoms with E-state index in [1.165, 1.54) is 5.56 Å². The summed E-state index contributed by atoms with van der Waals surface area (Å²) >= 11 is 0. The van der Waals surface area contributed by atoms with Gasteiger partial charge in [-0.1, -0.05) is 30.7 Å². The number of sulfonamides is 1. The lowest BCUT2D eigenvalue weighted by molar-refractivity contribution is 0.0984. The summed E-state index contributed by atoms with van der Waals surface area (Å²) in [6.45, 7) is 5.58. The molecule has 0 unspecified atom stereocenters. The number of carbonyl (C=O) groups excluding carboxylic acids is 1. The van der Waals surface area contributed by atoms with Gasteiger partial charge in [-0.25, -0.2) is 8.42 Å². The van der Waals surface area contributed by atoms with E-state index in [1.807, 2.05) is 24.0 Å². The number of hydrogen-bond donors (Lipinski definition) is 0. The lowest BCUT2D eigenvalue weighted by Gasteiger charge is -2.31. The molecule has 1 amide bonds. The number of nitrogens with zero attached hydrogens (tertiary/aromatic N) is 2. The van der Waals surface area contributed by atoms with Crippen LogP contribution < -0.4 is 4.90 Å². The smallest absolute Gasteiger partial charge is 0.258 e. The molecule has 5 nitrogen and oxygen atoms in total. The highest BCUT2D eigenvalue weighted by Gasteiger charge is 2.30. The number of rotatable bonds is 3. The van der Waals surface area contributed by atoms with Gasteiger partial charge in [0.2, 0.25) is 10.0 Å². The van der Waals surface area contributed by atoms with Crippen molar-refractivity contribution < 1.29 is 13.2 Å². The lowest BCUT2D eigenvalue weighted by Crippen LogP contribution is -2.37. The first kappa shape index (κ1) is 20.1. The second-order valence-electron chi connectivity index (χ2n) is 8.09. The van der Waals surface area contributed by atoms with E-state index in [4.69, 9.17) is 0 Å². The molecule has 0 saturated carbocycles. The third kappa shape index (κ3) is 3.71. The fourth-order valence-corrected chi connectivity index (χ4v) is 6.23. The first-order valence-corrected chi connectivity index (χ1v) is 11.8. The zero-order valence-electron chi connectivity index (χ0n) is 17.1. The minimum atomic E-state index is -3.59. The molecule has 2 aromatic rings. The summed E-state index contributed by atoms with van der Waals surface area (Å²) < 4.78 is 28.0. The van der Waals surface area contributed by atoms with Gasteiger partial charge < -0.3 is 4.90 Å². The van der Waals surface area contributed by atoms with Crippen LogP contribution >= 0.6 is 0 Å². The molecule has 0 radical (unpaired) electrons. The molecule has 0 spiro atoms. The first-order chi connectivity index (χ1) is 13.9. The molecule has 1 saturated heterocycles. The van der Waals surface area contributed by atoms with Crippen LogP contribution in [-0.2, 0) is 16.4 Å². The molecule has 0 atom stereocenters. The standard InChI is InChI=1S/C23H28N2O3S/c1-17-11-12-20(16-21(17)29(27,28)24-13-4-3-5-14-24)23(26)25-15-7-10-19-9-6-8-18(2)22(19)25/h6,8-9,11-12,16H,3-5,7,10,13-15H2,1-2H3. The van der Waals surface area contributed by atoms with Crippen molar-refractivity contribution in [3.05, 3.63) is 58.7 Å². The van der Waals surface area contributed by atoms with E-state index in [0.717, 1.165) is 43.4 Å². The van der Waals surface area contributed by atoms with Gasteiger partial charge in [-0.05, 0) is 68.4 Å². The van der Waals surface area contributed by atoms with Crippen LogP contribution in [0.3, 0.4) is 0 Å². The molecular formula is C23H28N2O3S. The molecule has 0 aromatic heterocycles. The lowest BCUT2D eigenvalue weighted by atomic mass is 9.97. The highest BCUT2D eigenvalue weighted by atomic mass is 32.2. The maximum Gasteiger partial charge on any atom is 0.258 e. The molecule has 0 N–H and O–H groups in total. The number of aryl methyl sites for hydroxylation is 3. The zero-order chi connectivity index (χ0) is 20.6. The zero-order valence-corrected chi connectivity index (χ0v) is 18.0. The summed E-state index contributed by atoms with van der Waals surface area (Å²) in [5.41, 5.74) is 4.34. The van der Waals surface area contributed by atoms with Crippen molar-refractivity contribution in [3.8, 4) is 0 Å². The van der Waals surface area contributed by atoms with E-state index < -0.39 is 10.0 Å². The molecule has 1 fully saturated rings. The number of amides is 1. The molecule has 2 aromatic carbocycles.